The van der Waals surface area contributed by atoms with E-state index in [1.807, 2.05) is 0 Å². The third-order valence-electron chi connectivity index (χ3n) is 7.30. The fourth-order valence-corrected chi connectivity index (χ4v) is 5.42. The van der Waals surface area contributed by atoms with E-state index in [1.54, 1.807) is 0 Å². The molecule has 0 N–H and O–H groups in total. The molecule has 2 aliphatic rings. The zero-order chi connectivity index (χ0) is 24.3. The SMILES string of the molecule is CCCCCC1CCC(C2CCC(CCF)CC2)CC1.Fc1ccc(OC(F)(F)F)c(F)c1. The summed E-state index contributed by atoms with van der Waals surface area (Å²) in [4.78, 5) is 0. The second-order valence-corrected chi connectivity index (χ2v) is 9.66. The Labute approximate surface area is 194 Å². The Balaban J connectivity index is 0.000000257. The summed E-state index contributed by atoms with van der Waals surface area (Å²) in [6.45, 7) is 2.20. The molecular formula is C26H38F6O. The molecule has 7 heteroatoms. The van der Waals surface area contributed by atoms with Gasteiger partial charge in [0.15, 0.2) is 11.6 Å². The van der Waals surface area contributed by atoms with Crippen molar-refractivity contribution in [2.75, 3.05) is 6.67 Å². The summed E-state index contributed by atoms with van der Waals surface area (Å²) in [5.74, 6) is 0.353. The number of rotatable bonds is 8. The second kappa shape index (κ2) is 14.1. The van der Waals surface area contributed by atoms with Crippen LogP contribution in [-0.4, -0.2) is 13.0 Å². The van der Waals surface area contributed by atoms with E-state index in [0.717, 1.165) is 24.2 Å². The molecule has 1 aromatic rings. The van der Waals surface area contributed by atoms with Gasteiger partial charge in [-0.2, -0.15) is 0 Å². The predicted molar refractivity (Wildman–Crippen MR) is 119 cm³/mol. The minimum atomic E-state index is -4.97. The van der Waals surface area contributed by atoms with Crippen molar-refractivity contribution in [2.24, 2.45) is 23.7 Å². The minimum absolute atomic E-state index is 0.0990. The Kier molecular flexibility index (Phi) is 11.9. The molecule has 0 aliphatic heterocycles. The van der Waals surface area contributed by atoms with Gasteiger partial charge in [-0.15, -0.1) is 13.2 Å². The number of benzene rings is 1. The Morgan fingerprint density at radius 3 is 1.82 bits per heavy atom. The molecule has 1 aromatic carbocycles. The van der Waals surface area contributed by atoms with E-state index in [9.17, 15) is 26.3 Å². The lowest BCUT2D eigenvalue weighted by molar-refractivity contribution is -0.275. The maximum atomic E-state index is 12.5. The largest absolute Gasteiger partial charge is 0.573 e. The summed E-state index contributed by atoms with van der Waals surface area (Å²) >= 11 is 0. The highest BCUT2D eigenvalue weighted by molar-refractivity contribution is 5.24. The van der Waals surface area contributed by atoms with E-state index in [1.165, 1.54) is 77.0 Å². The van der Waals surface area contributed by atoms with Crippen molar-refractivity contribution < 1.29 is 31.1 Å². The molecule has 33 heavy (non-hydrogen) atoms. The van der Waals surface area contributed by atoms with Gasteiger partial charge < -0.3 is 4.74 Å². The Bertz CT molecular complexity index is 661. The van der Waals surface area contributed by atoms with E-state index in [-0.39, 0.29) is 6.67 Å². The monoisotopic (exact) mass is 480 g/mol. The summed E-state index contributed by atoms with van der Waals surface area (Å²) in [6, 6.07) is 1.55. The first-order valence-electron chi connectivity index (χ1n) is 12.5. The average Bonchev–Trinajstić information content (AvgIpc) is 2.77. The first kappa shape index (κ1) is 27.8. The normalized spacial score (nSPS) is 25.8. The van der Waals surface area contributed by atoms with Crippen LogP contribution >= 0.6 is 0 Å². The van der Waals surface area contributed by atoms with Crippen LogP contribution < -0.4 is 4.74 Å². The van der Waals surface area contributed by atoms with Crippen molar-refractivity contribution in [3.05, 3.63) is 29.8 Å². The van der Waals surface area contributed by atoms with Crippen molar-refractivity contribution in [3.8, 4) is 5.75 Å². The van der Waals surface area contributed by atoms with Gasteiger partial charge in [-0.05, 0) is 67.9 Å². The van der Waals surface area contributed by atoms with Crippen molar-refractivity contribution >= 4 is 0 Å². The Morgan fingerprint density at radius 1 is 0.818 bits per heavy atom. The smallest absolute Gasteiger partial charge is 0.403 e. The zero-order valence-corrected chi connectivity index (χ0v) is 19.6. The van der Waals surface area contributed by atoms with Gasteiger partial charge in [-0.3, -0.25) is 4.39 Å². The lowest BCUT2D eigenvalue weighted by Gasteiger charge is -2.37. The minimum Gasteiger partial charge on any atom is -0.403 e. The van der Waals surface area contributed by atoms with Gasteiger partial charge >= 0.3 is 6.36 Å². The lowest BCUT2D eigenvalue weighted by atomic mass is 9.68. The number of alkyl halides is 4. The number of hydrogen-bond acceptors (Lipinski definition) is 1. The molecule has 1 nitrogen and oxygen atoms in total. The molecule has 0 spiro atoms. The molecule has 2 saturated carbocycles. The molecule has 0 bridgehead atoms. The highest BCUT2D eigenvalue weighted by atomic mass is 19.4. The van der Waals surface area contributed by atoms with Crippen LogP contribution in [0.25, 0.3) is 0 Å². The maximum absolute atomic E-state index is 12.5. The highest BCUT2D eigenvalue weighted by Crippen LogP contribution is 2.42. The molecule has 0 atom stereocenters. The maximum Gasteiger partial charge on any atom is 0.573 e. The van der Waals surface area contributed by atoms with Gasteiger partial charge in [0.25, 0.3) is 0 Å². The average molecular weight is 481 g/mol. The topological polar surface area (TPSA) is 9.23 Å². The molecule has 2 fully saturated rings. The number of ether oxygens (including phenoxy) is 1. The zero-order valence-electron chi connectivity index (χ0n) is 19.6. The predicted octanol–water partition coefficient (Wildman–Crippen LogP) is 9.40. The van der Waals surface area contributed by atoms with E-state index >= 15 is 0 Å². The van der Waals surface area contributed by atoms with Crippen LogP contribution in [0.4, 0.5) is 26.3 Å². The van der Waals surface area contributed by atoms with Crippen LogP contribution in [0.1, 0.15) is 90.4 Å². The number of hydrogen-bond donors (Lipinski definition) is 0. The van der Waals surface area contributed by atoms with Gasteiger partial charge in [-0.25, -0.2) is 8.78 Å². The van der Waals surface area contributed by atoms with Crippen LogP contribution in [0.15, 0.2) is 18.2 Å². The van der Waals surface area contributed by atoms with Gasteiger partial charge in [-0.1, -0.05) is 58.3 Å². The van der Waals surface area contributed by atoms with Gasteiger partial charge in [0.2, 0.25) is 0 Å². The molecule has 0 aromatic heterocycles. The second-order valence-electron chi connectivity index (χ2n) is 9.66. The first-order valence-corrected chi connectivity index (χ1v) is 12.5. The van der Waals surface area contributed by atoms with Crippen LogP contribution in [-0.2, 0) is 0 Å². The van der Waals surface area contributed by atoms with Crippen molar-refractivity contribution in [1.29, 1.82) is 0 Å². The quantitative estimate of drug-likeness (QED) is 0.266. The Morgan fingerprint density at radius 2 is 1.36 bits per heavy atom. The van der Waals surface area contributed by atoms with E-state index < -0.39 is 23.7 Å². The fraction of sp³-hybridized carbons (Fsp3) is 0.769. The van der Waals surface area contributed by atoms with E-state index in [4.69, 9.17) is 0 Å². The van der Waals surface area contributed by atoms with Crippen molar-refractivity contribution in [3.63, 3.8) is 0 Å². The molecule has 0 radical (unpaired) electrons. The summed E-state index contributed by atoms with van der Waals surface area (Å²) in [6.07, 6.45) is 13.0. The van der Waals surface area contributed by atoms with Crippen molar-refractivity contribution in [1.82, 2.24) is 0 Å². The van der Waals surface area contributed by atoms with E-state index in [0.29, 0.717) is 24.1 Å². The molecular weight excluding hydrogens is 442 g/mol. The molecule has 190 valence electrons. The summed E-state index contributed by atoms with van der Waals surface area (Å²) < 4.78 is 75.0. The van der Waals surface area contributed by atoms with E-state index in [2.05, 4.69) is 11.7 Å². The third kappa shape index (κ3) is 10.6. The first-order chi connectivity index (χ1) is 15.7. The van der Waals surface area contributed by atoms with Gasteiger partial charge in [0, 0.05) is 6.07 Å². The van der Waals surface area contributed by atoms with Crippen molar-refractivity contribution in [2.45, 2.75) is 96.8 Å². The summed E-state index contributed by atoms with van der Waals surface area (Å²) in [5.41, 5.74) is 0. The van der Waals surface area contributed by atoms with Gasteiger partial charge in [0.1, 0.15) is 5.82 Å². The van der Waals surface area contributed by atoms with Gasteiger partial charge in [0.05, 0.1) is 6.67 Å². The van der Waals surface area contributed by atoms with Crippen LogP contribution in [0, 0.1) is 35.3 Å². The number of halogens is 6. The molecule has 0 unspecified atom stereocenters. The molecule has 3 rings (SSSR count). The highest BCUT2D eigenvalue weighted by Gasteiger charge is 2.32. The van der Waals surface area contributed by atoms with Crippen LogP contribution in [0.5, 0.6) is 5.75 Å². The molecule has 0 heterocycles. The summed E-state index contributed by atoms with van der Waals surface area (Å²) in [7, 11) is 0. The number of unbranched alkanes of at least 4 members (excludes halogenated alkanes) is 2. The van der Waals surface area contributed by atoms with Crippen LogP contribution in [0.2, 0.25) is 0 Å². The van der Waals surface area contributed by atoms with Crippen LogP contribution in [0.3, 0.4) is 0 Å². The third-order valence-corrected chi connectivity index (χ3v) is 7.30. The summed E-state index contributed by atoms with van der Waals surface area (Å²) in [5, 5.41) is 0. The fourth-order valence-electron chi connectivity index (χ4n) is 5.42. The Hall–Kier alpha value is -1.40. The standard InChI is InChI=1S/C19H35F.C7H3F5O/c1-2-3-4-5-16-6-10-18(11-7-16)19-12-8-17(9-13-19)14-15-20;8-4-1-2-6(5(9)3-4)13-7(10,11)12/h16-19H,2-15H2,1H3;1-3H. The molecule has 2 aliphatic carbocycles. The molecule has 0 saturated heterocycles. The lowest BCUT2D eigenvalue weighted by Crippen LogP contribution is -2.26. The molecule has 0 amide bonds.